The van der Waals surface area contributed by atoms with Gasteiger partial charge in [0.1, 0.15) is 22.3 Å². The summed E-state index contributed by atoms with van der Waals surface area (Å²) < 4.78 is 12.3. The van der Waals surface area contributed by atoms with Crippen LogP contribution in [0.1, 0.15) is 0 Å². The van der Waals surface area contributed by atoms with Crippen LogP contribution >= 0.6 is 0 Å². The summed E-state index contributed by atoms with van der Waals surface area (Å²) in [7, 11) is 0. The number of rotatable bonds is 5. The minimum Gasteiger partial charge on any atom is -0.456 e. The van der Waals surface area contributed by atoms with E-state index in [1.807, 2.05) is 60.7 Å². The number of nitrogens with zero attached hydrogens (tertiary/aromatic N) is 3. The summed E-state index contributed by atoms with van der Waals surface area (Å²) in [5.41, 5.74) is 10.6. The summed E-state index contributed by atoms with van der Waals surface area (Å²) in [6.45, 7) is 0. The number of hydrogen-bond donors (Lipinski definition) is 0. The van der Waals surface area contributed by atoms with Crippen molar-refractivity contribution in [2.45, 2.75) is 0 Å². The van der Waals surface area contributed by atoms with Gasteiger partial charge in [0.25, 0.3) is 0 Å². The average Bonchev–Trinajstić information content (AvgIpc) is 3.76. The van der Waals surface area contributed by atoms with Crippen molar-refractivity contribution in [1.82, 2.24) is 15.0 Å². The highest BCUT2D eigenvalue weighted by molar-refractivity contribution is 6.12. The van der Waals surface area contributed by atoms with Crippen LogP contribution in [0.4, 0.5) is 0 Å². The first-order valence-electron chi connectivity index (χ1n) is 16.6. The van der Waals surface area contributed by atoms with Gasteiger partial charge in [0.15, 0.2) is 17.5 Å². The Labute approximate surface area is 287 Å². The monoisotopic (exact) mass is 641 g/mol. The molecule has 7 aromatic carbocycles. The average molecular weight is 642 g/mol. The number of furan rings is 2. The highest BCUT2D eigenvalue weighted by Crippen LogP contribution is 2.37. The minimum atomic E-state index is 0.593. The highest BCUT2D eigenvalue weighted by atomic mass is 16.3. The fraction of sp³-hybridized carbons (Fsp3) is 0. The van der Waals surface area contributed by atoms with Crippen LogP contribution in [0.5, 0.6) is 0 Å². The number of hydrogen-bond acceptors (Lipinski definition) is 5. The zero-order chi connectivity index (χ0) is 33.0. The number of fused-ring (bicyclic) bond motifs is 6. The molecular weight excluding hydrogens is 615 g/mol. The first-order chi connectivity index (χ1) is 24.7. The molecule has 0 spiro atoms. The molecule has 10 aromatic rings. The lowest BCUT2D eigenvalue weighted by Gasteiger charge is -2.10. The maximum atomic E-state index is 6.22. The van der Waals surface area contributed by atoms with E-state index in [2.05, 4.69) is 103 Å². The summed E-state index contributed by atoms with van der Waals surface area (Å²) in [4.78, 5) is 15.2. The Bertz CT molecular complexity index is 2850. The number of para-hydroxylation sites is 2. The molecule has 3 aromatic heterocycles. The van der Waals surface area contributed by atoms with Gasteiger partial charge in [-0.05, 0) is 52.6 Å². The molecule has 0 aliphatic heterocycles. The Kier molecular flexibility index (Phi) is 6.42. The molecule has 0 atom stereocenters. The molecule has 0 N–H and O–H groups in total. The summed E-state index contributed by atoms with van der Waals surface area (Å²) in [6.07, 6.45) is 0. The van der Waals surface area contributed by atoms with Crippen LogP contribution in [0.2, 0.25) is 0 Å². The molecule has 0 aliphatic rings. The third kappa shape index (κ3) is 4.75. The molecule has 5 heteroatoms. The molecule has 0 aliphatic carbocycles. The predicted octanol–water partition coefficient (Wildman–Crippen LogP) is 12.0. The van der Waals surface area contributed by atoms with Crippen molar-refractivity contribution in [3.8, 4) is 56.4 Å². The largest absolute Gasteiger partial charge is 0.456 e. The number of aromatic nitrogens is 3. The van der Waals surface area contributed by atoms with Crippen molar-refractivity contribution in [3.05, 3.63) is 164 Å². The predicted molar refractivity (Wildman–Crippen MR) is 202 cm³/mol. The van der Waals surface area contributed by atoms with Crippen molar-refractivity contribution in [1.29, 1.82) is 0 Å². The first kappa shape index (κ1) is 28.2. The molecule has 0 radical (unpaired) electrons. The molecule has 3 heterocycles. The maximum absolute atomic E-state index is 6.22. The van der Waals surface area contributed by atoms with Gasteiger partial charge in [0.05, 0.1) is 0 Å². The van der Waals surface area contributed by atoms with Crippen LogP contribution in [-0.4, -0.2) is 15.0 Å². The van der Waals surface area contributed by atoms with E-state index in [-0.39, 0.29) is 0 Å². The molecule has 0 amide bonds. The van der Waals surface area contributed by atoms with Gasteiger partial charge in [-0.1, -0.05) is 133 Å². The van der Waals surface area contributed by atoms with Crippen molar-refractivity contribution < 1.29 is 8.83 Å². The molecule has 50 heavy (non-hydrogen) atoms. The Morgan fingerprint density at radius 2 is 0.780 bits per heavy atom. The van der Waals surface area contributed by atoms with Crippen molar-refractivity contribution in [2.24, 2.45) is 0 Å². The fourth-order valence-electron chi connectivity index (χ4n) is 6.88. The minimum absolute atomic E-state index is 0.593. The first-order valence-corrected chi connectivity index (χ1v) is 16.6. The Morgan fingerprint density at radius 1 is 0.300 bits per heavy atom. The van der Waals surface area contributed by atoms with E-state index in [1.54, 1.807) is 0 Å². The standard InChI is InChI=1S/C45H27N3O2/c1-2-9-28(10-3-1)29-17-21-31(22-18-29)43-46-44(48-45(47-43)36-13-8-16-41-42(36)35-12-5-7-15-39(35)50-41)32-23-19-30(20-24-32)33-25-26-40-37(27-33)34-11-4-6-14-38(34)49-40/h1-27H. The lowest BCUT2D eigenvalue weighted by Crippen LogP contribution is -2.00. The summed E-state index contributed by atoms with van der Waals surface area (Å²) >= 11 is 0. The van der Waals surface area contributed by atoms with Gasteiger partial charge < -0.3 is 8.83 Å². The van der Waals surface area contributed by atoms with E-state index in [4.69, 9.17) is 23.8 Å². The summed E-state index contributed by atoms with van der Waals surface area (Å²) in [5.74, 6) is 1.80. The topological polar surface area (TPSA) is 65.0 Å². The van der Waals surface area contributed by atoms with Gasteiger partial charge in [0, 0.05) is 38.2 Å². The van der Waals surface area contributed by atoms with Crippen molar-refractivity contribution in [3.63, 3.8) is 0 Å². The van der Waals surface area contributed by atoms with Crippen LogP contribution in [0.15, 0.2) is 173 Å². The van der Waals surface area contributed by atoms with Crippen molar-refractivity contribution >= 4 is 43.9 Å². The Morgan fingerprint density at radius 3 is 1.50 bits per heavy atom. The molecule has 10 rings (SSSR count). The second-order valence-corrected chi connectivity index (χ2v) is 12.4. The van der Waals surface area contributed by atoms with Gasteiger partial charge in [-0.3, -0.25) is 0 Å². The molecule has 0 saturated heterocycles. The quantitative estimate of drug-likeness (QED) is 0.187. The summed E-state index contributed by atoms with van der Waals surface area (Å²) in [6, 6.07) is 55.8. The molecular formula is C45H27N3O2. The van der Waals surface area contributed by atoms with Crippen LogP contribution < -0.4 is 0 Å². The highest BCUT2D eigenvalue weighted by Gasteiger charge is 2.18. The van der Waals surface area contributed by atoms with Gasteiger partial charge >= 0.3 is 0 Å². The van der Waals surface area contributed by atoms with Crippen LogP contribution in [0.3, 0.4) is 0 Å². The SMILES string of the molecule is c1ccc(-c2ccc(-c3nc(-c4ccc(-c5ccc6oc7ccccc7c6c5)cc4)nc(-c4cccc5oc6ccccc6c45)n3)cc2)cc1. The van der Waals surface area contributed by atoms with Gasteiger partial charge in [-0.2, -0.15) is 0 Å². The van der Waals surface area contributed by atoms with Gasteiger partial charge in [-0.15, -0.1) is 0 Å². The molecule has 0 bridgehead atoms. The van der Waals surface area contributed by atoms with E-state index in [9.17, 15) is 0 Å². The van der Waals surface area contributed by atoms with Gasteiger partial charge in [-0.25, -0.2) is 15.0 Å². The maximum Gasteiger partial charge on any atom is 0.164 e. The van der Waals surface area contributed by atoms with E-state index in [1.165, 1.54) is 0 Å². The molecule has 5 nitrogen and oxygen atoms in total. The van der Waals surface area contributed by atoms with Gasteiger partial charge in [0.2, 0.25) is 0 Å². The lowest BCUT2D eigenvalue weighted by atomic mass is 10.0. The van der Waals surface area contributed by atoms with Crippen LogP contribution in [0, 0.1) is 0 Å². The molecule has 0 fully saturated rings. The van der Waals surface area contributed by atoms with Crippen LogP contribution in [-0.2, 0) is 0 Å². The zero-order valence-corrected chi connectivity index (χ0v) is 26.7. The molecule has 0 unspecified atom stereocenters. The van der Waals surface area contributed by atoms with E-state index in [0.29, 0.717) is 17.5 Å². The summed E-state index contributed by atoms with van der Waals surface area (Å²) in [5, 5.41) is 4.24. The molecule has 234 valence electrons. The Balaban J connectivity index is 1.10. The lowest BCUT2D eigenvalue weighted by molar-refractivity contribution is 0.668. The number of benzene rings is 7. The third-order valence-corrected chi connectivity index (χ3v) is 9.38. The third-order valence-electron chi connectivity index (χ3n) is 9.38. The second-order valence-electron chi connectivity index (χ2n) is 12.4. The van der Waals surface area contributed by atoms with Crippen molar-refractivity contribution in [2.75, 3.05) is 0 Å². The zero-order valence-electron chi connectivity index (χ0n) is 26.7. The second kappa shape index (κ2) is 11.4. The molecule has 0 saturated carbocycles. The normalized spacial score (nSPS) is 11.6. The van der Waals surface area contributed by atoms with Crippen LogP contribution in [0.25, 0.3) is 100 Å². The fourth-order valence-corrected chi connectivity index (χ4v) is 6.88. The van der Waals surface area contributed by atoms with E-state index >= 15 is 0 Å². The van der Waals surface area contributed by atoms with E-state index in [0.717, 1.165) is 82.8 Å². The van der Waals surface area contributed by atoms with E-state index < -0.39 is 0 Å². The Hall–Kier alpha value is -6.85. The smallest absolute Gasteiger partial charge is 0.164 e.